The van der Waals surface area contributed by atoms with Gasteiger partial charge >= 0.3 is 0 Å². The van der Waals surface area contributed by atoms with E-state index in [4.69, 9.17) is 10.2 Å². The highest BCUT2D eigenvalue weighted by Crippen LogP contribution is 2.24. The molecule has 0 fully saturated rings. The lowest BCUT2D eigenvalue weighted by atomic mass is 10.1. The van der Waals surface area contributed by atoms with Crippen molar-refractivity contribution in [3.05, 3.63) is 34.1 Å². The van der Waals surface area contributed by atoms with E-state index in [1.54, 1.807) is 0 Å². The van der Waals surface area contributed by atoms with E-state index in [1.165, 1.54) is 0 Å². The van der Waals surface area contributed by atoms with Gasteiger partial charge in [-0.25, -0.2) is 0 Å². The van der Waals surface area contributed by atoms with Crippen LogP contribution in [0.1, 0.15) is 11.5 Å². The summed E-state index contributed by atoms with van der Waals surface area (Å²) in [5.74, 6) is 1.12. The third kappa shape index (κ3) is 2.31. The number of rotatable bonds is 3. The third-order valence-corrected chi connectivity index (χ3v) is 3.12. The molecule has 0 amide bonds. The Morgan fingerprint density at radius 1 is 1.38 bits per heavy atom. The van der Waals surface area contributed by atoms with Crippen LogP contribution in [0.3, 0.4) is 0 Å². The van der Waals surface area contributed by atoms with E-state index >= 15 is 0 Å². The van der Waals surface area contributed by atoms with Crippen LogP contribution >= 0.6 is 15.9 Å². The third-order valence-electron chi connectivity index (χ3n) is 2.23. The Bertz CT molecular complexity index is 496. The second-order valence-corrected chi connectivity index (χ2v) is 4.36. The lowest BCUT2D eigenvalue weighted by Crippen LogP contribution is -2.02. The average molecular weight is 282 g/mol. The Kier molecular flexibility index (Phi) is 3.36. The fourth-order valence-electron chi connectivity index (χ4n) is 1.37. The predicted octanol–water partition coefficient (Wildman–Crippen LogP) is 2.31. The minimum Gasteiger partial charge on any atom is -0.421 e. The zero-order valence-corrected chi connectivity index (χ0v) is 10.5. The van der Waals surface area contributed by atoms with E-state index in [1.807, 2.05) is 25.1 Å². The smallest absolute Gasteiger partial charge is 0.247 e. The molecular weight excluding hydrogens is 270 g/mol. The first-order valence-corrected chi connectivity index (χ1v) is 5.79. The van der Waals surface area contributed by atoms with Crippen molar-refractivity contribution in [3.63, 3.8) is 0 Å². The van der Waals surface area contributed by atoms with Gasteiger partial charge in [-0.1, -0.05) is 15.9 Å². The van der Waals surface area contributed by atoms with Gasteiger partial charge in [0.15, 0.2) is 0 Å². The van der Waals surface area contributed by atoms with Crippen LogP contribution in [0.25, 0.3) is 11.5 Å². The first-order valence-electron chi connectivity index (χ1n) is 4.99. The minimum absolute atomic E-state index is 0.515. The SMILES string of the molecule is Cc1cc(-c2nnc(CCN)o2)ccc1Br. The van der Waals surface area contributed by atoms with Crippen LogP contribution in [0.5, 0.6) is 0 Å². The number of hydrogen-bond donors (Lipinski definition) is 1. The molecule has 84 valence electrons. The highest BCUT2D eigenvalue weighted by Gasteiger charge is 2.08. The van der Waals surface area contributed by atoms with Crippen LogP contribution in [-0.4, -0.2) is 16.7 Å². The van der Waals surface area contributed by atoms with Gasteiger partial charge in [-0.3, -0.25) is 0 Å². The van der Waals surface area contributed by atoms with E-state index in [9.17, 15) is 0 Å². The molecule has 2 rings (SSSR count). The molecule has 0 bridgehead atoms. The molecule has 1 aromatic heterocycles. The highest BCUT2D eigenvalue weighted by atomic mass is 79.9. The van der Waals surface area contributed by atoms with Crippen molar-refractivity contribution in [3.8, 4) is 11.5 Å². The Balaban J connectivity index is 2.31. The summed E-state index contributed by atoms with van der Waals surface area (Å²) in [6, 6.07) is 5.91. The van der Waals surface area contributed by atoms with E-state index in [0.29, 0.717) is 24.7 Å². The van der Waals surface area contributed by atoms with Gasteiger partial charge in [0.2, 0.25) is 11.8 Å². The summed E-state index contributed by atoms with van der Waals surface area (Å²) in [7, 11) is 0. The van der Waals surface area contributed by atoms with Crippen LogP contribution in [0, 0.1) is 6.92 Å². The zero-order valence-electron chi connectivity index (χ0n) is 8.90. The van der Waals surface area contributed by atoms with Crippen LogP contribution in [0.4, 0.5) is 0 Å². The minimum atomic E-state index is 0.515. The summed E-state index contributed by atoms with van der Waals surface area (Å²) in [6.45, 7) is 2.53. The molecule has 0 aliphatic carbocycles. The van der Waals surface area contributed by atoms with Crippen LogP contribution in [0.2, 0.25) is 0 Å². The molecule has 0 atom stereocenters. The first kappa shape index (κ1) is 11.3. The number of nitrogens with zero attached hydrogens (tertiary/aromatic N) is 2. The van der Waals surface area contributed by atoms with Gasteiger partial charge in [0, 0.05) is 23.0 Å². The van der Waals surface area contributed by atoms with Crippen molar-refractivity contribution >= 4 is 15.9 Å². The molecule has 5 heteroatoms. The lowest BCUT2D eigenvalue weighted by molar-refractivity contribution is 0.507. The summed E-state index contributed by atoms with van der Waals surface area (Å²) in [4.78, 5) is 0. The van der Waals surface area contributed by atoms with E-state index in [-0.39, 0.29) is 0 Å². The van der Waals surface area contributed by atoms with Crippen molar-refractivity contribution in [1.29, 1.82) is 0 Å². The lowest BCUT2D eigenvalue weighted by Gasteiger charge is -1.99. The molecular formula is C11H12BrN3O. The quantitative estimate of drug-likeness (QED) is 0.938. The molecule has 1 heterocycles. The average Bonchev–Trinajstić information content (AvgIpc) is 2.71. The standard InChI is InChI=1S/C11H12BrN3O/c1-7-6-8(2-3-9(7)12)11-15-14-10(16-11)4-5-13/h2-3,6H,4-5,13H2,1H3. The normalized spacial score (nSPS) is 10.7. The number of hydrogen-bond acceptors (Lipinski definition) is 4. The maximum atomic E-state index is 5.49. The summed E-state index contributed by atoms with van der Waals surface area (Å²) in [5.41, 5.74) is 7.48. The van der Waals surface area contributed by atoms with Crippen molar-refractivity contribution < 1.29 is 4.42 Å². The van der Waals surface area contributed by atoms with Crippen LogP contribution in [0.15, 0.2) is 27.1 Å². The van der Waals surface area contributed by atoms with E-state index in [0.717, 1.165) is 15.6 Å². The molecule has 0 radical (unpaired) electrons. The topological polar surface area (TPSA) is 64.9 Å². The summed E-state index contributed by atoms with van der Waals surface area (Å²) in [5, 5.41) is 7.91. The second kappa shape index (κ2) is 4.76. The molecule has 16 heavy (non-hydrogen) atoms. The Morgan fingerprint density at radius 2 is 2.19 bits per heavy atom. The Hall–Kier alpha value is -1.20. The fourth-order valence-corrected chi connectivity index (χ4v) is 1.62. The molecule has 0 saturated carbocycles. The second-order valence-electron chi connectivity index (χ2n) is 3.50. The van der Waals surface area contributed by atoms with Crippen molar-refractivity contribution in [1.82, 2.24) is 10.2 Å². The largest absolute Gasteiger partial charge is 0.421 e. The number of aromatic nitrogens is 2. The summed E-state index contributed by atoms with van der Waals surface area (Å²) >= 11 is 3.45. The number of aryl methyl sites for hydroxylation is 1. The van der Waals surface area contributed by atoms with E-state index in [2.05, 4.69) is 26.1 Å². The predicted molar refractivity (Wildman–Crippen MR) is 64.9 cm³/mol. The van der Waals surface area contributed by atoms with Gasteiger partial charge in [-0.05, 0) is 30.7 Å². The fraction of sp³-hybridized carbons (Fsp3) is 0.273. The number of benzene rings is 1. The van der Waals surface area contributed by atoms with Gasteiger partial charge < -0.3 is 10.2 Å². The zero-order chi connectivity index (χ0) is 11.5. The Labute approximate surface area is 102 Å². The molecule has 0 aliphatic rings. The molecule has 0 unspecified atom stereocenters. The van der Waals surface area contributed by atoms with Gasteiger partial charge in [-0.15, -0.1) is 10.2 Å². The van der Waals surface area contributed by atoms with Gasteiger partial charge in [0.25, 0.3) is 0 Å². The monoisotopic (exact) mass is 281 g/mol. The molecule has 0 aliphatic heterocycles. The summed E-state index contributed by atoms with van der Waals surface area (Å²) < 4.78 is 6.55. The maximum Gasteiger partial charge on any atom is 0.247 e. The summed E-state index contributed by atoms with van der Waals surface area (Å²) in [6.07, 6.45) is 0.614. The molecule has 1 aromatic carbocycles. The van der Waals surface area contributed by atoms with Crippen molar-refractivity contribution in [2.45, 2.75) is 13.3 Å². The van der Waals surface area contributed by atoms with Gasteiger partial charge in [-0.2, -0.15) is 0 Å². The highest BCUT2D eigenvalue weighted by molar-refractivity contribution is 9.10. The molecule has 2 aromatic rings. The molecule has 0 spiro atoms. The van der Waals surface area contributed by atoms with Crippen molar-refractivity contribution in [2.24, 2.45) is 5.73 Å². The van der Waals surface area contributed by atoms with E-state index < -0.39 is 0 Å². The molecule has 0 saturated heterocycles. The van der Waals surface area contributed by atoms with Crippen LogP contribution in [-0.2, 0) is 6.42 Å². The van der Waals surface area contributed by atoms with Crippen molar-refractivity contribution in [2.75, 3.05) is 6.54 Å². The molecule has 2 N–H and O–H groups in total. The van der Waals surface area contributed by atoms with Gasteiger partial charge in [0.05, 0.1) is 0 Å². The maximum absolute atomic E-state index is 5.49. The van der Waals surface area contributed by atoms with Gasteiger partial charge in [0.1, 0.15) is 0 Å². The number of nitrogens with two attached hydrogens (primary N) is 1. The molecule has 4 nitrogen and oxygen atoms in total. The number of halogens is 1. The Morgan fingerprint density at radius 3 is 2.88 bits per heavy atom. The van der Waals surface area contributed by atoms with Crippen LogP contribution < -0.4 is 5.73 Å². The first-order chi connectivity index (χ1) is 7.70.